The molecule has 2 heterocycles. The summed E-state index contributed by atoms with van der Waals surface area (Å²) in [6.45, 7) is 4.17. The summed E-state index contributed by atoms with van der Waals surface area (Å²) in [5, 5.41) is 12.1. The van der Waals surface area contributed by atoms with Crippen molar-refractivity contribution in [2.75, 3.05) is 26.2 Å². The van der Waals surface area contributed by atoms with Crippen LogP contribution in [0.1, 0.15) is 24.0 Å². The van der Waals surface area contributed by atoms with Crippen molar-refractivity contribution < 1.29 is 9.84 Å². The van der Waals surface area contributed by atoms with E-state index in [4.69, 9.17) is 9.84 Å². The van der Waals surface area contributed by atoms with Crippen LogP contribution >= 0.6 is 0 Å². The van der Waals surface area contributed by atoms with Gasteiger partial charge in [0, 0.05) is 32.8 Å². The minimum atomic E-state index is 0.271. The van der Waals surface area contributed by atoms with Crippen LogP contribution in [0.2, 0.25) is 0 Å². The van der Waals surface area contributed by atoms with Crippen molar-refractivity contribution in [2.45, 2.75) is 25.5 Å². The molecule has 108 valence electrons. The number of benzene rings is 1. The van der Waals surface area contributed by atoms with Crippen LogP contribution in [0, 0.1) is 0 Å². The maximum atomic E-state index is 8.87. The molecule has 0 aromatic heterocycles. The van der Waals surface area contributed by atoms with Crippen LogP contribution in [0.5, 0.6) is 5.75 Å². The average molecular weight is 274 g/mol. The zero-order chi connectivity index (χ0) is 13.8. The van der Waals surface area contributed by atoms with Crippen molar-refractivity contribution in [3.8, 4) is 5.75 Å². The van der Waals surface area contributed by atoms with Crippen molar-refractivity contribution >= 4 is 6.08 Å². The standard InChI is InChI=1S/C16H22N2O2/c19-9-1-7-18-8-5-16(12-18)20-15-3-2-14-11-17-6-4-13(14)10-15/h2-4,6,10,16-17,19H,1,5,7-9,11-12H2/t16-/m1/s1. The summed E-state index contributed by atoms with van der Waals surface area (Å²) in [4.78, 5) is 2.36. The second kappa shape index (κ2) is 6.29. The largest absolute Gasteiger partial charge is 0.489 e. The number of hydrogen-bond donors (Lipinski definition) is 2. The molecule has 20 heavy (non-hydrogen) atoms. The topological polar surface area (TPSA) is 44.7 Å². The van der Waals surface area contributed by atoms with Gasteiger partial charge in [-0.15, -0.1) is 0 Å². The van der Waals surface area contributed by atoms with E-state index in [2.05, 4.69) is 34.5 Å². The predicted octanol–water partition coefficient (Wildman–Crippen LogP) is 1.60. The van der Waals surface area contributed by atoms with Crippen LogP contribution in [0.25, 0.3) is 6.08 Å². The molecule has 0 radical (unpaired) electrons. The third-order valence-electron chi connectivity index (χ3n) is 3.95. The summed E-state index contributed by atoms with van der Waals surface area (Å²) >= 11 is 0. The molecular formula is C16H22N2O2. The lowest BCUT2D eigenvalue weighted by molar-refractivity contribution is 0.192. The molecule has 1 saturated heterocycles. The van der Waals surface area contributed by atoms with E-state index in [0.29, 0.717) is 0 Å². The van der Waals surface area contributed by atoms with Crippen LogP contribution in [0.4, 0.5) is 0 Å². The number of ether oxygens (including phenoxy) is 1. The Hall–Kier alpha value is -1.52. The molecule has 3 rings (SSSR count). The van der Waals surface area contributed by atoms with Crippen LogP contribution in [0.15, 0.2) is 24.4 Å². The Morgan fingerprint density at radius 2 is 2.35 bits per heavy atom. The molecule has 2 aliphatic rings. The summed E-state index contributed by atoms with van der Waals surface area (Å²) in [5.74, 6) is 0.962. The van der Waals surface area contributed by atoms with Gasteiger partial charge in [-0.3, -0.25) is 4.90 Å². The normalized spacial score (nSPS) is 21.6. The summed E-state index contributed by atoms with van der Waals surface area (Å²) in [6, 6.07) is 6.33. The minimum Gasteiger partial charge on any atom is -0.489 e. The molecule has 1 fully saturated rings. The molecule has 0 bridgehead atoms. The average Bonchev–Trinajstić information content (AvgIpc) is 2.92. The van der Waals surface area contributed by atoms with Gasteiger partial charge >= 0.3 is 0 Å². The number of nitrogens with one attached hydrogen (secondary N) is 1. The number of aliphatic hydroxyl groups excluding tert-OH is 1. The van der Waals surface area contributed by atoms with Crippen LogP contribution in [-0.2, 0) is 6.54 Å². The van der Waals surface area contributed by atoms with Crippen LogP contribution in [0.3, 0.4) is 0 Å². The SMILES string of the molecule is OCCCN1CC[C@@H](Oc2ccc3c(c2)C=CNC3)C1. The number of rotatable bonds is 5. The van der Waals surface area contributed by atoms with Gasteiger partial charge in [0.15, 0.2) is 0 Å². The molecule has 1 atom stereocenters. The van der Waals surface area contributed by atoms with E-state index < -0.39 is 0 Å². The second-order valence-corrected chi connectivity index (χ2v) is 5.48. The summed E-state index contributed by atoms with van der Waals surface area (Å²) < 4.78 is 6.09. The molecule has 0 aliphatic carbocycles. The van der Waals surface area contributed by atoms with Crippen molar-refractivity contribution in [3.63, 3.8) is 0 Å². The van der Waals surface area contributed by atoms with Crippen molar-refractivity contribution in [1.82, 2.24) is 10.2 Å². The van der Waals surface area contributed by atoms with Crippen LogP contribution in [-0.4, -0.2) is 42.4 Å². The van der Waals surface area contributed by atoms with Crippen molar-refractivity contribution in [2.24, 2.45) is 0 Å². The Balaban J connectivity index is 1.58. The van der Waals surface area contributed by atoms with Gasteiger partial charge in [-0.25, -0.2) is 0 Å². The molecule has 0 spiro atoms. The highest BCUT2D eigenvalue weighted by Gasteiger charge is 2.23. The van der Waals surface area contributed by atoms with E-state index >= 15 is 0 Å². The monoisotopic (exact) mass is 274 g/mol. The van der Waals surface area contributed by atoms with Gasteiger partial charge < -0.3 is 15.2 Å². The summed E-state index contributed by atoms with van der Waals surface area (Å²) in [5.41, 5.74) is 2.56. The first-order valence-corrected chi connectivity index (χ1v) is 7.38. The molecule has 4 nitrogen and oxygen atoms in total. The lowest BCUT2D eigenvalue weighted by Crippen LogP contribution is -2.26. The third kappa shape index (κ3) is 3.14. The lowest BCUT2D eigenvalue weighted by Gasteiger charge is -2.18. The number of fused-ring (bicyclic) bond motifs is 1. The number of nitrogens with zero attached hydrogens (tertiary/aromatic N) is 1. The Bertz CT molecular complexity index is 487. The molecule has 2 aliphatic heterocycles. The van der Waals surface area contributed by atoms with Gasteiger partial charge in [-0.2, -0.15) is 0 Å². The highest BCUT2D eigenvalue weighted by Crippen LogP contribution is 2.24. The maximum absolute atomic E-state index is 8.87. The molecule has 4 heteroatoms. The van der Waals surface area contributed by atoms with E-state index in [0.717, 1.165) is 44.8 Å². The van der Waals surface area contributed by atoms with Crippen LogP contribution < -0.4 is 10.1 Å². The van der Waals surface area contributed by atoms with Gasteiger partial charge in [-0.05, 0) is 48.4 Å². The van der Waals surface area contributed by atoms with Gasteiger partial charge in [-0.1, -0.05) is 6.07 Å². The van der Waals surface area contributed by atoms with Gasteiger partial charge in [0.2, 0.25) is 0 Å². The Morgan fingerprint density at radius 3 is 3.25 bits per heavy atom. The van der Waals surface area contributed by atoms with Gasteiger partial charge in [0.25, 0.3) is 0 Å². The molecule has 0 saturated carbocycles. The number of aliphatic hydroxyl groups is 1. The quantitative estimate of drug-likeness (QED) is 0.856. The second-order valence-electron chi connectivity index (χ2n) is 5.48. The number of hydrogen-bond acceptors (Lipinski definition) is 4. The van der Waals surface area contributed by atoms with E-state index in [1.165, 1.54) is 11.1 Å². The highest BCUT2D eigenvalue weighted by atomic mass is 16.5. The van der Waals surface area contributed by atoms with E-state index in [-0.39, 0.29) is 12.7 Å². The van der Waals surface area contributed by atoms with Gasteiger partial charge in [0.1, 0.15) is 11.9 Å². The predicted molar refractivity (Wildman–Crippen MR) is 79.5 cm³/mol. The molecule has 0 unspecified atom stereocenters. The molecule has 0 amide bonds. The fourth-order valence-electron chi connectivity index (χ4n) is 2.86. The first-order chi connectivity index (χ1) is 9.85. The molecular weight excluding hydrogens is 252 g/mol. The third-order valence-corrected chi connectivity index (χ3v) is 3.95. The van der Waals surface area contributed by atoms with E-state index in [1.54, 1.807) is 0 Å². The molecule has 1 aromatic carbocycles. The van der Waals surface area contributed by atoms with E-state index in [1.807, 2.05) is 6.20 Å². The Morgan fingerprint density at radius 1 is 1.40 bits per heavy atom. The Kier molecular flexibility index (Phi) is 4.23. The summed E-state index contributed by atoms with van der Waals surface area (Å²) in [7, 11) is 0. The first-order valence-electron chi connectivity index (χ1n) is 7.38. The highest BCUT2D eigenvalue weighted by molar-refractivity contribution is 5.57. The zero-order valence-electron chi connectivity index (χ0n) is 11.7. The summed E-state index contributed by atoms with van der Waals surface area (Å²) in [6.07, 6.45) is 6.27. The van der Waals surface area contributed by atoms with E-state index in [9.17, 15) is 0 Å². The lowest BCUT2D eigenvalue weighted by atomic mass is 10.1. The van der Waals surface area contributed by atoms with Crippen molar-refractivity contribution in [3.05, 3.63) is 35.5 Å². The number of likely N-dealkylation sites (tertiary alicyclic amines) is 1. The Labute approximate surface area is 120 Å². The first kappa shape index (κ1) is 13.5. The molecule has 1 aromatic rings. The zero-order valence-corrected chi connectivity index (χ0v) is 11.7. The van der Waals surface area contributed by atoms with Crippen molar-refractivity contribution in [1.29, 1.82) is 0 Å². The molecule has 2 N–H and O–H groups in total. The van der Waals surface area contributed by atoms with Gasteiger partial charge in [0.05, 0.1) is 0 Å². The smallest absolute Gasteiger partial charge is 0.120 e. The maximum Gasteiger partial charge on any atom is 0.120 e. The minimum absolute atomic E-state index is 0.271. The fraction of sp³-hybridized carbons (Fsp3) is 0.500. The fourth-order valence-corrected chi connectivity index (χ4v) is 2.86.